The smallest absolute Gasteiger partial charge is 0.304 e. The Morgan fingerprint density at radius 1 is 1.38 bits per heavy atom. The van der Waals surface area contributed by atoms with Gasteiger partial charge < -0.3 is 14.6 Å². The van der Waals surface area contributed by atoms with E-state index in [1.807, 2.05) is 18.2 Å². The SMILES string of the molecule is CC(c1ccc2c(c1)OCCO2)N1CCCC1CC(=O)O. The number of likely N-dealkylation sites (tertiary alicyclic amines) is 1. The summed E-state index contributed by atoms with van der Waals surface area (Å²) in [5.41, 5.74) is 1.15. The van der Waals surface area contributed by atoms with Crippen LogP contribution in [0.4, 0.5) is 0 Å². The minimum Gasteiger partial charge on any atom is -0.486 e. The summed E-state index contributed by atoms with van der Waals surface area (Å²) in [5.74, 6) is 0.863. The molecule has 1 aromatic rings. The number of hydrogen-bond donors (Lipinski definition) is 1. The Morgan fingerprint density at radius 2 is 2.14 bits per heavy atom. The Kier molecular flexibility index (Phi) is 4.01. The molecule has 2 aliphatic heterocycles. The molecular weight excluding hydrogens is 270 g/mol. The van der Waals surface area contributed by atoms with Gasteiger partial charge in [0.25, 0.3) is 0 Å². The molecule has 1 saturated heterocycles. The lowest BCUT2D eigenvalue weighted by Crippen LogP contribution is -2.33. The minimum atomic E-state index is -0.721. The summed E-state index contributed by atoms with van der Waals surface area (Å²) in [6.45, 7) is 4.25. The van der Waals surface area contributed by atoms with E-state index in [9.17, 15) is 4.79 Å². The van der Waals surface area contributed by atoms with Gasteiger partial charge in [-0.05, 0) is 44.0 Å². The largest absolute Gasteiger partial charge is 0.486 e. The predicted octanol–water partition coefficient (Wildman–Crippen LogP) is 2.46. The van der Waals surface area contributed by atoms with Gasteiger partial charge in [-0.15, -0.1) is 0 Å². The second-order valence-corrected chi connectivity index (χ2v) is 5.71. The van der Waals surface area contributed by atoms with Crippen molar-refractivity contribution in [2.75, 3.05) is 19.8 Å². The monoisotopic (exact) mass is 291 g/mol. The first kappa shape index (κ1) is 14.2. The van der Waals surface area contributed by atoms with Gasteiger partial charge in [-0.3, -0.25) is 9.69 Å². The van der Waals surface area contributed by atoms with Crippen LogP contribution in [0, 0.1) is 0 Å². The Hall–Kier alpha value is -1.75. The predicted molar refractivity (Wildman–Crippen MR) is 77.8 cm³/mol. The maximum absolute atomic E-state index is 11.0. The van der Waals surface area contributed by atoms with E-state index in [0.29, 0.717) is 13.2 Å². The zero-order chi connectivity index (χ0) is 14.8. The van der Waals surface area contributed by atoms with Gasteiger partial charge >= 0.3 is 5.97 Å². The van der Waals surface area contributed by atoms with Crippen molar-refractivity contribution in [1.29, 1.82) is 0 Å². The van der Waals surface area contributed by atoms with Crippen molar-refractivity contribution < 1.29 is 19.4 Å². The van der Waals surface area contributed by atoms with E-state index in [4.69, 9.17) is 14.6 Å². The summed E-state index contributed by atoms with van der Waals surface area (Å²) < 4.78 is 11.2. The van der Waals surface area contributed by atoms with Gasteiger partial charge in [-0.1, -0.05) is 6.07 Å². The van der Waals surface area contributed by atoms with E-state index in [-0.39, 0.29) is 18.5 Å². The lowest BCUT2D eigenvalue weighted by atomic mass is 10.0. The van der Waals surface area contributed by atoms with Crippen LogP contribution in [0.15, 0.2) is 18.2 Å². The zero-order valence-corrected chi connectivity index (χ0v) is 12.2. The van der Waals surface area contributed by atoms with Crippen LogP contribution in [-0.4, -0.2) is 41.8 Å². The normalized spacial score (nSPS) is 23.0. The van der Waals surface area contributed by atoms with Gasteiger partial charge in [0.2, 0.25) is 0 Å². The lowest BCUT2D eigenvalue weighted by molar-refractivity contribution is -0.138. The number of nitrogens with zero attached hydrogens (tertiary/aromatic N) is 1. The van der Waals surface area contributed by atoms with Crippen LogP contribution >= 0.6 is 0 Å². The maximum Gasteiger partial charge on any atom is 0.304 e. The summed E-state index contributed by atoms with van der Waals surface area (Å²) in [6.07, 6.45) is 2.24. The molecule has 3 rings (SSSR count). The highest BCUT2D eigenvalue weighted by atomic mass is 16.6. The Labute approximate surface area is 124 Å². The van der Waals surface area contributed by atoms with Crippen LogP contribution < -0.4 is 9.47 Å². The summed E-state index contributed by atoms with van der Waals surface area (Å²) >= 11 is 0. The van der Waals surface area contributed by atoms with E-state index in [0.717, 1.165) is 36.4 Å². The van der Waals surface area contributed by atoms with Gasteiger partial charge in [0.1, 0.15) is 13.2 Å². The number of rotatable bonds is 4. The van der Waals surface area contributed by atoms with Gasteiger partial charge in [-0.25, -0.2) is 0 Å². The van der Waals surface area contributed by atoms with E-state index >= 15 is 0 Å². The molecule has 114 valence electrons. The van der Waals surface area contributed by atoms with E-state index < -0.39 is 5.97 Å². The number of carboxylic acids is 1. The zero-order valence-electron chi connectivity index (χ0n) is 12.2. The van der Waals surface area contributed by atoms with Crippen molar-refractivity contribution in [2.24, 2.45) is 0 Å². The molecule has 0 aromatic heterocycles. The molecule has 2 atom stereocenters. The standard InChI is InChI=1S/C16H21NO4/c1-11(17-6-2-3-13(17)10-16(18)19)12-4-5-14-15(9-12)21-8-7-20-14/h4-5,9,11,13H,2-3,6-8,10H2,1H3,(H,18,19). The first-order chi connectivity index (χ1) is 10.1. The molecule has 2 heterocycles. The Balaban J connectivity index is 1.77. The van der Waals surface area contributed by atoms with Crippen molar-refractivity contribution in [3.8, 4) is 11.5 Å². The maximum atomic E-state index is 11.0. The molecule has 1 aromatic carbocycles. The highest BCUT2D eigenvalue weighted by Gasteiger charge is 2.31. The first-order valence-corrected chi connectivity index (χ1v) is 7.52. The van der Waals surface area contributed by atoms with Crippen LogP contribution in [0.3, 0.4) is 0 Å². The fourth-order valence-corrected chi connectivity index (χ4v) is 3.30. The topological polar surface area (TPSA) is 59.0 Å². The molecule has 0 spiro atoms. The molecule has 5 heteroatoms. The van der Waals surface area contributed by atoms with E-state index in [2.05, 4.69) is 11.8 Å². The molecule has 2 aliphatic rings. The highest BCUT2D eigenvalue weighted by Crippen LogP contribution is 2.36. The fourth-order valence-electron chi connectivity index (χ4n) is 3.30. The number of ether oxygens (including phenoxy) is 2. The van der Waals surface area contributed by atoms with Crippen molar-refractivity contribution in [2.45, 2.75) is 38.3 Å². The molecule has 1 N–H and O–H groups in total. The Bertz CT molecular complexity index is 531. The molecule has 21 heavy (non-hydrogen) atoms. The Morgan fingerprint density at radius 3 is 2.90 bits per heavy atom. The third-order valence-corrected chi connectivity index (χ3v) is 4.38. The quantitative estimate of drug-likeness (QED) is 0.923. The fraction of sp³-hybridized carbons (Fsp3) is 0.562. The summed E-state index contributed by atoms with van der Waals surface area (Å²) in [6, 6.07) is 6.34. The van der Waals surface area contributed by atoms with Crippen LogP contribution in [-0.2, 0) is 4.79 Å². The van der Waals surface area contributed by atoms with Crippen molar-refractivity contribution in [3.63, 3.8) is 0 Å². The van der Waals surface area contributed by atoms with Gasteiger partial charge in [-0.2, -0.15) is 0 Å². The van der Waals surface area contributed by atoms with E-state index in [1.165, 1.54) is 0 Å². The van der Waals surface area contributed by atoms with Gasteiger partial charge in [0.15, 0.2) is 11.5 Å². The number of benzene rings is 1. The summed E-state index contributed by atoms with van der Waals surface area (Å²) in [4.78, 5) is 13.3. The molecule has 0 radical (unpaired) electrons. The average molecular weight is 291 g/mol. The summed E-state index contributed by atoms with van der Waals surface area (Å²) in [5, 5.41) is 9.04. The molecule has 1 fully saturated rings. The molecule has 5 nitrogen and oxygen atoms in total. The number of carboxylic acid groups (broad SMARTS) is 1. The number of aliphatic carboxylic acids is 1. The lowest BCUT2D eigenvalue weighted by Gasteiger charge is -2.31. The van der Waals surface area contributed by atoms with Crippen LogP contribution in [0.1, 0.15) is 37.8 Å². The number of hydrogen-bond acceptors (Lipinski definition) is 4. The molecule has 0 amide bonds. The van der Waals surface area contributed by atoms with Crippen LogP contribution in [0.2, 0.25) is 0 Å². The molecule has 2 unspecified atom stereocenters. The van der Waals surface area contributed by atoms with Crippen molar-refractivity contribution in [1.82, 2.24) is 4.90 Å². The van der Waals surface area contributed by atoms with Crippen molar-refractivity contribution in [3.05, 3.63) is 23.8 Å². The molecular formula is C16H21NO4. The molecule has 0 saturated carbocycles. The van der Waals surface area contributed by atoms with Gasteiger partial charge in [0, 0.05) is 12.1 Å². The minimum absolute atomic E-state index is 0.130. The van der Waals surface area contributed by atoms with Gasteiger partial charge in [0.05, 0.1) is 6.42 Å². The first-order valence-electron chi connectivity index (χ1n) is 7.52. The second kappa shape index (κ2) is 5.93. The van der Waals surface area contributed by atoms with Crippen LogP contribution in [0.25, 0.3) is 0 Å². The summed E-state index contributed by atoms with van der Waals surface area (Å²) in [7, 11) is 0. The van der Waals surface area contributed by atoms with E-state index in [1.54, 1.807) is 0 Å². The molecule has 0 bridgehead atoms. The third kappa shape index (κ3) is 2.97. The van der Waals surface area contributed by atoms with Crippen molar-refractivity contribution >= 4 is 5.97 Å². The average Bonchev–Trinajstić information content (AvgIpc) is 2.93. The molecule has 0 aliphatic carbocycles. The number of fused-ring (bicyclic) bond motifs is 1. The number of carbonyl (C=O) groups is 1. The third-order valence-electron chi connectivity index (χ3n) is 4.38. The highest BCUT2D eigenvalue weighted by molar-refractivity contribution is 5.67. The van der Waals surface area contributed by atoms with Crippen LogP contribution in [0.5, 0.6) is 11.5 Å². The second-order valence-electron chi connectivity index (χ2n) is 5.71.